The molecule has 3 rings (SSSR count). The maximum atomic E-state index is 9.55. The van der Waals surface area contributed by atoms with Gasteiger partial charge in [-0.1, -0.05) is 36.1 Å². The van der Waals surface area contributed by atoms with E-state index in [1.807, 2.05) is 54.6 Å². The van der Waals surface area contributed by atoms with Crippen LogP contribution in [0, 0.1) is 11.8 Å². The zero-order valence-electron chi connectivity index (χ0n) is 23.2. The Bertz CT molecular complexity index is 1320. The molecule has 210 valence electrons. The first-order valence-corrected chi connectivity index (χ1v) is 12.5. The molecule has 0 atom stereocenters. The van der Waals surface area contributed by atoms with Crippen molar-refractivity contribution in [3.63, 3.8) is 0 Å². The van der Waals surface area contributed by atoms with Gasteiger partial charge in [0, 0.05) is 36.4 Å². The summed E-state index contributed by atoms with van der Waals surface area (Å²) in [5.41, 5.74) is 4.49. The number of nitrogens with zero attached hydrogens (tertiary/aromatic N) is 1. The van der Waals surface area contributed by atoms with Crippen LogP contribution in [0.1, 0.15) is 22.3 Å². The molecular formula is C32H35NO7. The van der Waals surface area contributed by atoms with Crippen LogP contribution >= 0.6 is 0 Å². The van der Waals surface area contributed by atoms with Gasteiger partial charge < -0.3 is 29.3 Å². The number of carboxylic acid groups (broad SMARTS) is 2. The van der Waals surface area contributed by atoms with Crippen molar-refractivity contribution >= 4 is 11.9 Å². The fourth-order valence-corrected chi connectivity index (χ4v) is 3.61. The molecule has 0 unspecified atom stereocenters. The summed E-state index contributed by atoms with van der Waals surface area (Å²) in [7, 11) is 7.17. The molecule has 0 spiro atoms. The van der Waals surface area contributed by atoms with Gasteiger partial charge in [-0.2, -0.15) is 0 Å². The van der Waals surface area contributed by atoms with E-state index < -0.39 is 11.9 Å². The van der Waals surface area contributed by atoms with E-state index in [1.165, 1.54) is 11.1 Å². The van der Waals surface area contributed by atoms with Crippen molar-refractivity contribution in [1.82, 2.24) is 4.90 Å². The van der Waals surface area contributed by atoms with Gasteiger partial charge >= 0.3 is 11.9 Å². The highest BCUT2D eigenvalue weighted by Gasteiger charge is 2.08. The minimum atomic E-state index is -1.26. The van der Waals surface area contributed by atoms with E-state index in [4.69, 9.17) is 24.4 Å². The summed E-state index contributed by atoms with van der Waals surface area (Å²) < 4.78 is 16.2. The number of carbonyl (C=O) groups is 2. The van der Waals surface area contributed by atoms with Crippen molar-refractivity contribution in [1.29, 1.82) is 0 Å². The fraction of sp³-hybridized carbons (Fsp3) is 0.250. The Morgan fingerprint density at radius 2 is 1.43 bits per heavy atom. The Hall–Kier alpha value is -4.74. The maximum Gasteiger partial charge on any atom is 0.328 e. The van der Waals surface area contributed by atoms with Crippen LogP contribution < -0.4 is 14.2 Å². The first-order valence-electron chi connectivity index (χ1n) is 12.5. The average Bonchev–Trinajstić information content (AvgIpc) is 2.97. The van der Waals surface area contributed by atoms with Crippen LogP contribution in [0.4, 0.5) is 0 Å². The molecule has 0 heterocycles. The summed E-state index contributed by atoms with van der Waals surface area (Å²) >= 11 is 0. The molecule has 3 aromatic carbocycles. The first kappa shape index (κ1) is 31.5. The lowest BCUT2D eigenvalue weighted by Crippen LogP contribution is -2.24. The Kier molecular flexibility index (Phi) is 13.4. The number of likely N-dealkylation sites (N-methyl/N-ethyl adjacent to an activating group) is 1. The van der Waals surface area contributed by atoms with E-state index in [0.29, 0.717) is 12.2 Å². The molecule has 0 bridgehead atoms. The normalized spacial score (nSPS) is 10.2. The van der Waals surface area contributed by atoms with Gasteiger partial charge in [0.25, 0.3) is 0 Å². The molecule has 0 aliphatic carbocycles. The Labute approximate surface area is 235 Å². The molecular weight excluding hydrogens is 510 g/mol. The van der Waals surface area contributed by atoms with Gasteiger partial charge in [-0.25, -0.2) is 9.59 Å². The summed E-state index contributed by atoms with van der Waals surface area (Å²) in [6, 6.07) is 22.3. The highest BCUT2D eigenvalue weighted by Crippen LogP contribution is 2.27. The van der Waals surface area contributed by atoms with Gasteiger partial charge in [0.15, 0.2) is 11.5 Å². The van der Waals surface area contributed by atoms with Crippen molar-refractivity contribution < 1.29 is 34.0 Å². The Morgan fingerprint density at radius 1 is 0.775 bits per heavy atom. The van der Waals surface area contributed by atoms with Crippen LogP contribution in [0.15, 0.2) is 78.9 Å². The maximum absolute atomic E-state index is 9.55. The van der Waals surface area contributed by atoms with Crippen molar-refractivity contribution in [2.75, 3.05) is 41.5 Å². The van der Waals surface area contributed by atoms with E-state index in [9.17, 15) is 9.59 Å². The summed E-state index contributed by atoms with van der Waals surface area (Å²) in [6.45, 7) is 1.88. The van der Waals surface area contributed by atoms with Crippen molar-refractivity contribution in [2.24, 2.45) is 0 Å². The third kappa shape index (κ3) is 11.3. The SMILES string of the molecule is COc1ccc(C#Cc2ccccc2)c(CCN(C)CCc2ccc(OC)c(OC)c2)c1.O=C(O)C=CC(=O)O. The standard InChI is InChI=1S/C28H31NO3.C4H4O4/c1-29(18-16-23-11-15-27(31-3)28(20-23)32-4)19-17-25-21-26(30-2)14-13-24(25)12-10-22-8-6-5-7-9-22;5-3(6)1-2-4(7)8/h5-9,11,13-15,20-21H,16-19H2,1-4H3;1-2H,(H,5,6)(H,7,8). The molecule has 40 heavy (non-hydrogen) atoms. The number of carboxylic acids is 2. The van der Waals surface area contributed by atoms with Crippen LogP contribution in [0.2, 0.25) is 0 Å². The van der Waals surface area contributed by atoms with Gasteiger partial charge in [0.05, 0.1) is 21.3 Å². The molecule has 8 heteroatoms. The summed E-state index contributed by atoms with van der Waals surface area (Å²) in [5.74, 6) is 6.47. The van der Waals surface area contributed by atoms with Crippen LogP contribution in [-0.2, 0) is 22.4 Å². The molecule has 0 aromatic heterocycles. The predicted molar refractivity (Wildman–Crippen MR) is 154 cm³/mol. The number of ether oxygens (including phenoxy) is 3. The molecule has 8 nitrogen and oxygen atoms in total. The van der Waals surface area contributed by atoms with E-state index in [0.717, 1.165) is 54.3 Å². The van der Waals surface area contributed by atoms with Gasteiger partial charge in [0.2, 0.25) is 0 Å². The van der Waals surface area contributed by atoms with Gasteiger partial charge in [-0.05, 0) is 73.5 Å². The van der Waals surface area contributed by atoms with Crippen LogP contribution in [0.25, 0.3) is 0 Å². The number of rotatable bonds is 11. The summed E-state index contributed by atoms with van der Waals surface area (Å²) in [6.07, 6.45) is 2.96. The molecule has 0 saturated carbocycles. The van der Waals surface area contributed by atoms with Gasteiger partial charge in [0.1, 0.15) is 5.75 Å². The average molecular weight is 546 g/mol. The molecule has 2 N–H and O–H groups in total. The molecule has 0 saturated heterocycles. The second-order valence-electron chi connectivity index (χ2n) is 8.64. The number of aliphatic carboxylic acids is 2. The second-order valence-corrected chi connectivity index (χ2v) is 8.64. The lowest BCUT2D eigenvalue weighted by Gasteiger charge is -2.18. The monoisotopic (exact) mass is 545 g/mol. The second kappa shape index (κ2) is 17.0. The molecule has 0 amide bonds. The predicted octanol–water partition coefficient (Wildman–Crippen LogP) is 4.54. The zero-order valence-corrected chi connectivity index (χ0v) is 23.2. The molecule has 0 aliphatic heterocycles. The van der Waals surface area contributed by atoms with Crippen LogP contribution in [-0.4, -0.2) is 68.5 Å². The molecule has 0 radical (unpaired) electrons. The number of methoxy groups -OCH3 is 3. The lowest BCUT2D eigenvalue weighted by molar-refractivity contribution is -0.134. The molecule has 0 aliphatic rings. The van der Waals surface area contributed by atoms with E-state index in [-0.39, 0.29) is 0 Å². The molecule has 3 aromatic rings. The Balaban J connectivity index is 0.000000611. The van der Waals surface area contributed by atoms with Gasteiger partial charge in [-0.15, -0.1) is 0 Å². The molecule has 0 fully saturated rings. The topological polar surface area (TPSA) is 106 Å². The van der Waals surface area contributed by atoms with E-state index in [1.54, 1.807) is 21.3 Å². The van der Waals surface area contributed by atoms with Crippen molar-refractivity contribution in [2.45, 2.75) is 12.8 Å². The third-order valence-corrected chi connectivity index (χ3v) is 5.79. The summed E-state index contributed by atoms with van der Waals surface area (Å²) in [4.78, 5) is 21.4. The van der Waals surface area contributed by atoms with Crippen molar-refractivity contribution in [3.8, 4) is 29.1 Å². The third-order valence-electron chi connectivity index (χ3n) is 5.79. The van der Waals surface area contributed by atoms with Gasteiger partial charge in [-0.3, -0.25) is 0 Å². The Morgan fingerprint density at radius 3 is 2.02 bits per heavy atom. The van der Waals surface area contributed by atoms with Crippen LogP contribution in [0.5, 0.6) is 17.2 Å². The summed E-state index contributed by atoms with van der Waals surface area (Å²) in [5, 5.41) is 15.6. The number of hydrogen-bond acceptors (Lipinski definition) is 6. The highest BCUT2D eigenvalue weighted by atomic mass is 16.5. The number of hydrogen-bond donors (Lipinski definition) is 2. The van der Waals surface area contributed by atoms with Crippen molar-refractivity contribution in [3.05, 3.63) is 101 Å². The minimum Gasteiger partial charge on any atom is -0.497 e. The highest BCUT2D eigenvalue weighted by molar-refractivity contribution is 5.89. The largest absolute Gasteiger partial charge is 0.497 e. The first-order chi connectivity index (χ1) is 19.2. The fourth-order valence-electron chi connectivity index (χ4n) is 3.61. The number of benzene rings is 3. The van der Waals surface area contributed by atoms with E-state index >= 15 is 0 Å². The minimum absolute atomic E-state index is 0.558. The van der Waals surface area contributed by atoms with Crippen LogP contribution in [0.3, 0.4) is 0 Å². The zero-order chi connectivity index (χ0) is 29.3. The quantitative estimate of drug-likeness (QED) is 0.267. The smallest absolute Gasteiger partial charge is 0.328 e. The lowest BCUT2D eigenvalue weighted by atomic mass is 10.0. The van der Waals surface area contributed by atoms with E-state index in [2.05, 4.69) is 35.9 Å².